The molecule has 0 unspecified atom stereocenters. The van der Waals surface area contributed by atoms with Gasteiger partial charge in [0.15, 0.2) is 5.89 Å². The van der Waals surface area contributed by atoms with Crippen molar-refractivity contribution in [2.75, 3.05) is 18.4 Å². The smallest absolute Gasteiger partial charge is 0.291 e. The molecule has 0 aliphatic carbocycles. The number of aryl methyl sites for hydroxylation is 2. The van der Waals surface area contributed by atoms with E-state index in [-0.39, 0.29) is 11.8 Å². The van der Waals surface area contributed by atoms with E-state index in [9.17, 15) is 9.59 Å². The Balaban J connectivity index is 1.55. The van der Waals surface area contributed by atoms with Crippen LogP contribution in [0, 0.1) is 6.92 Å². The highest BCUT2D eigenvalue weighted by Gasteiger charge is 2.49. The first-order valence-electron chi connectivity index (χ1n) is 8.71. The Kier molecular flexibility index (Phi) is 3.63. The summed E-state index contributed by atoms with van der Waals surface area (Å²) in [7, 11) is 0. The number of carbonyl (C=O) groups excluding carboxylic acids is 2. The Morgan fingerprint density at radius 3 is 2.72 bits per heavy atom. The molecule has 1 fully saturated rings. The van der Waals surface area contributed by atoms with E-state index in [1.807, 2.05) is 31.2 Å². The van der Waals surface area contributed by atoms with Gasteiger partial charge in [0.1, 0.15) is 0 Å². The van der Waals surface area contributed by atoms with Crippen molar-refractivity contribution in [1.29, 1.82) is 0 Å². The number of aromatic nitrogens is 1. The second kappa shape index (κ2) is 5.72. The highest BCUT2D eigenvalue weighted by Crippen LogP contribution is 2.44. The molecule has 0 saturated carbocycles. The molecule has 25 heavy (non-hydrogen) atoms. The van der Waals surface area contributed by atoms with Crippen molar-refractivity contribution in [2.24, 2.45) is 0 Å². The molecule has 4 rings (SSSR count). The largest absolute Gasteiger partial charge is 0.435 e. The maximum atomic E-state index is 12.8. The Morgan fingerprint density at radius 1 is 1.32 bits per heavy atom. The molecule has 1 aromatic heterocycles. The molecular weight excluding hydrogens is 318 g/mol. The highest BCUT2D eigenvalue weighted by molar-refractivity contribution is 6.06. The Morgan fingerprint density at radius 2 is 2.04 bits per heavy atom. The van der Waals surface area contributed by atoms with Gasteiger partial charge in [0.05, 0.1) is 11.1 Å². The molecule has 3 heterocycles. The van der Waals surface area contributed by atoms with Crippen LogP contribution in [0.1, 0.15) is 47.5 Å². The van der Waals surface area contributed by atoms with E-state index >= 15 is 0 Å². The number of oxazole rings is 1. The summed E-state index contributed by atoms with van der Waals surface area (Å²) in [6.07, 6.45) is 1.90. The number of hydrogen-bond acceptors (Lipinski definition) is 4. The zero-order valence-corrected chi connectivity index (χ0v) is 14.5. The van der Waals surface area contributed by atoms with Crippen LogP contribution in [-0.4, -0.2) is 34.8 Å². The van der Waals surface area contributed by atoms with Crippen LogP contribution in [0.2, 0.25) is 0 Å². The van der Waals surface area contributed by atoms with Crippen molar-refractivity contribution >= 4 is 17.5 Å². The number of hydrogen-bond donors (Lipinski definition) is 1. The molecule has 1 N–H and O–H groups in total. The normalized spacial score (nSPS) is 18.3. The van der Waals surface area contributed by atoms with E-state index in [0.717, 1.165) is 11.3 Å². The van der Waals surface area contributed by atoms with Crippen molar-refractivity contribution in [3.63, 3.8) is 0 Å². The second-order valence-corrected chi connectivity index (χ2v) is 6.75. The van der Waals surface area contributed by atoms with Crippen molar-refractivity contribution in [2.45, 2.75) is 38.5 Å². The predicted octanol–water partition coefficient (Wildman–Crippen LogP) is 2.67. The molecule has 6 heteroatoms. The number of rotatable bonds is 2. The number of nitrogens with zero attached hydrogens (tertiary/aromatic N) is 2. The lowest BCUT2D eigenvalue weighted by Gasteiger charge is -2.37. The lowest BCUT2D eigenvalue weighted by atomic mass is 9.73. The van der Waals surface area contributed by atoms with Gasteiger partial charge in [-0.15, -0.1) is 0 Å². The quantitative estimate of drug-likeness (QED) is 0.913. The van der Waals surface area contributed by atoms with Crippen LogP contribution in [0.25, 0.3) is 0 Å². The summed E-state index contributed by atoms with van der Waals surface area (Å²) in [5.41, 5.74) is 2.06. The van der Waals surface area contributed by atoms with Crippen LogP contribution in [-0.2, 0) is 16.6 Å². The van der Waals surface area contributed by atoms with Gasteiger partial charge in [-0.05, 0) is 31.4 Å². The maximum absolute atomic E-state index is 12.8. The first-order chi connectivity index (χ1) is 12.0. The molecule has 1 aromatic carbocycles. The summed E-state index contributed by atoms with van der Waals surface area (Å²) in [5, 5.41) is 2.98. The SMILES string of the molecule is CCc1nc(C)c(C(=O)N2CCC3(CC2)C(=O)Nc2ccccc23)o1. The van der Waals surface area contributed by atoms with Gasteiger partial charge in [-0.3, -0.25) is 9.59 Å². The number of fused-ring (bicyclic) bond motifs is 2. The van der Waals surface area contributed by atoms with Crippen molar-refractivity contribution in [1.82, 2.24) is 9.88 Å². The minimum atomic E-state index is -0.515. The van der Waals surface area contributed by atoms with Crippen LogP contribution in [0.3, 0.4) is 0 Å². The Bertz CT molecular complexity index is 847. The summed E-state index contributed by atoms with van der Waals surface area (Å²) >= 11 is 0. The molecule has 1 saturated heterocycles. The molecule has 2 amide bonds. The molecule has 6 nitrogen and oxygen atoms in total. The fraction of sp³-hybridized carbons (Fsp3) is 0.421. The van der Waals surface area contributed by atoms with Gasteiger partial charge in [0.25, 0.3) is 5.91 Å². The van der Waals surface area contributed by atoms with Gasteiger partial charge >= 0.3 is 0 Å². The zero-order chi connectivity index (χ0) is 17.6. The van der Waals surface area contributed by atoms with Crippen molar-refractivity contribution in [3.8, 4) is 0 Å². The standard InChI is InChI=1S/C19H21N3O3/c1-3-15-20-12(2)16(25-15)17(23)22-10-8-19(9-11-22)13-6-4-5-7-14(13)21-18(19)24/h4-7H,3,8-11H2,1-2H3,(H,21,24). The second-order valence-electron chi connectivity index (χ2n) is 6.75. The van der Waals surface area contributed by atoms with Gasteiger partial charge in [-0.1, -0.05) is 25.1 Å². The molecular formula is C19H21N3O3. The maximum Gasteiger partial charge on any atom is 0.291 e. The van der Waals surface area contributed by atoms with Crippen LogP contribution >= 0.6 is 0 Å². The topological polar surface area (TPSA) is 75.4 Å². The van der Waals surface area contributed by atoms with Crippen LogP contribution in [0.4, 0.5) is 5.69 Å². The summed E-state index contributed by atoms with van der Waals surface area (Å²) in [5.74, 6) is 0.818. The van der Waals surface area contributed by atoms with Crippen molar-refractivity contribution in [3.05, 3.63) is 47.2 Å². The fourth-order valence-electron chi connectivity index (χ4n) is 3.91. The molecule has 1 spiro atoms. The van der Waals surface area contributed by atoms with Crippen LogP contribution in [0.5, 0.6) is 0 Å². The average molecular weight is 339 g/mol. The van der Waals surface area contributed by atoms with E-state index in [1.165, 1.54) is 0 Å². The number of likely N-dealkylation sites (tertiary alicyclic amines) is 1. The summed E-state index contributed by atoms with van der Waals surface area (Å²) < 4.78 is 5.59. The minimum absolute atomic E-state index is 0.0462. The van der Waals surface area contributed by atoms with Gasteiger partial charge in [-0.25, -0.2) is 4.98 Å². The van der Waals surface area contributed by atoms with E-state index in [1.54, 1.807) is 11.8 Å². The molecule has 0 radical (unpaired) electrons. The number of nitrogens with one attached hydrogen (secondary N) is 1. The third-order valence-electron chi connectivity index (χ3n) is 5.37. The van der Waals surface area contributed by atoms with E-state index in [4.69, 9.17) is 4.42 Å². The number of piperidine rings is 1. The fourth-order valence-corrected chi connectivity index (χ4v) is 3.91. The molecule has 0 bridgehead atoms. The van der Waals surface area contributed by atoms with Crippen LogP contribution in [0.15, 0.2) is 28.7 Å². The summed E-state index contributed by atoms with van der Waals surface area (Å²) in [6.45, 7) is 4.80. The molecule has 130 valence electrons. The molecule has 2 aromatic rings. The first kappa shape index (κ1) is 15.9. The number of anilines is 1. The summed E-state index contributed by atoms with van der Waals surface area (Å²) in [6, 6.07) is 7.83. The van der Waals surface area contributed by atoms with Gasteiger partial charge in [0.2, 0.25) is 11.7 Å². The lowest BCUT2D eigenvalue weighted by Crippen LogP contribution is -2.48. The van der Waals surface area contributed by atoms with Gasteiger partial charge in [-0.2, -0.15) is 0 Å². The first-order valence-corrected chi connectivity index (χ1v) is 8.71. The molecule has 0 atom stereocenters. The van der Waals surface area contributed by atoms with Gasteiger partial charge in [0, 0.05) is 25.2 Å². The molecule has 2 aliphatic rings. The van der Waals surface area contributed by atoms with Gasteiger partial charge < -0.3 is 14.6 Å². The van der Waals surface area contributed by atoms with E-state index in [2.05, 4.69) is 10.3 Å². The third kappa shape index (κ3) is 2.35. The van der Waals surface area contributed by atoms with Crippen LogP contribution < -0.4 is 5.32 Å². The Hall–Kier alpha value is -2.63. The zero-order valence-electron chi connectivity index (χ0n) is 14.5. The number of para-hydroxylation sites is 1. The monoisotopic (exact) mass is 339 g/mol. The summed E-state index contributed by atoms with van der Waals surface area (Å²) in [4.78, 5) is 31.4. The number of benzene rings is 1. The Labute approximate surface area is 146 Å². The minimum Gasteiger partial charge on any atom is -0.435 e. The molecule has 2 aliphatic heterocycles. The van der Waals surface area contributed by atoms with Crippen molar-refractivity contribution < 1.29 is 14.0 Å². The lowest BCUT2D eigenvalue weighted by molar-refractivity contribution is -0.122. The number of amides is 2. The predicted molar refractivity (Wildman–Crippen MR) is 92.5 cm³/mol. The number of carbonyl (C=O) groups is 2. The van der Waals surface area contributed by atoms with E-state index < -0.39 is 5.41 Å². The highest BCUT2D eigenvalue weighted by atomic mass is 16.4. The third-order valence-corrected chi connectivity index (χ3v) is 5.37. The average Bonchev–Trinajstić information content (AvgIpc) is 3.14. The van der Waals surface area contributed by atoms with E-state index in [0.29, 0.717) is 49.7 Å².